The van der Waals surface area contributed by atoms with Gasteiger partial charge in [-0.1, -0.05) is 37.3 Å². The van der Waals surface area contributed by atoms with Crippen LogP contribution in [-0.2, 0) is 16.0 Å². The van der Waals surface area contributed by atoms with E-state index in [4.69, 9.17) is 16.2 Å². The van der Waals surface area contributed by atoms with Crippen molar-refractivity contribution in [3.8, 4) is 0 Å². The van der Waals surface area contributed by atoms with Gasteiger partial charge in [-0.05, 0) is 60.1 Å². The number of carbonyl (C=O) groups is 3. The first-order chi connectivity index (χ1) is 18.7. The number of nitrogens with one attached hydrogen (secondary N) is 1. The highest BCUT2D eigenvalue weighted by Gasteiger charge is 2.37. The predicted molar refractivity (Wildman–Crippen MR) is 153 cm³/mol. The zero-order valence-corrected chi connectivity index (χ0v) is 23.2. The molecule has 11 heteroatoms. The molecule has 1 aliphatic heterocycles. The molecule has 0 saturated carbocycles. The van der Waals surface area contributed by atoms with Crippen LogP contribution in [0, 0.1) is 0 Å². The Morgan fingerprint density at radius 1 is 1.15 bits per heavy atom. The molecular formula is C28H34N6O4S. The standard InChI is InChI=1S/C28H34N6O4S/c1-4-17-8-5-6-10-21(17)34(28(37)25-22(29)23(26(30)35)32-39-25)24(18-11-13-19(14-12-18)33(2)3)27(36)31-16-20-9-7-15-38-20/h5-6,8,10-14,20,24H,4,7,9,15-16,29H2,1-3H3,(H2,30,35)(H,31,36)/t20-,24+/m0/s1. The second-order valence-corrected chi connectivity index (χ2v) is 10.3. The molecule has 0 aliphatic carbocycles. The average Bonchev–Trinajstić information content (AvgIpc) is 3.60. The molecule has 2 aromatic carbocycles. The molecule has 2 atom stereocenters. The summed E-state index contributed by atoms with van der Waals surface area (Å²) in [6.45, 7) is 2.97. The number of aromatic nitrogens is 1. The maximum absolute atomic E-state index is 14.3. The highest BCUT2D eigenvalue weighted by molar-refractivity contribution is 7.09. The van der Waals surface area contributed by atoms with Gasteiger partial charge in [-0.15, -0.1) is 0 Å². The lowest BCUT2D eigenvalue weighted by atomic mass is 9.99. The van der Waals surface area contributed by atoms with Gasteiger partial charge in [-0.25, -0.2) is 0 Å². The number of nitrogen functional groups attached to an aromatic ring is 1. The van der Waals surface area contributed by atoms with E-state index in [0.29, 0.717) is 30.8 Å². The SMILES string of the molecule is CCc1ccccc1N(C(=O)c1snc(C(N)=O)c1N)[C@@H](C(=O)NC[C@@H]1CCCO1)c1ccc(N(C)C)cc1. The van der Waals surface area contributed by atoms with Crippen molar-refractivity contribution in [1.29, 1.82) is 0 Å². The van der Waals surface area contributed by atoms with Gasteiger partial charge < -0.3 is 26.4 Å². The number of rotatable bonds is 10. The number of carbonyl (C=O) groups excluding carboxylic acids is 3. The lowest BCUT2D eigenvalue weighted by Gasteiger charge is -2.33. The first-order valence-electron chi connectivity index (χ1n) is 12.9. The summed E-state index contributed by atoms with van der Waals surface area (Å²) in [6.07, 6.45) is 2.34. The second kappa shape index (κ2) is 12.3. The normalized spacial score (nSPS) is 15.5. The Balaban J connectivity index is 1.85. The van der Waals surface area contributed by atoms with Crippen LogP contribution in [0.1, 0.15) is 57.1 Å². The number of anilines is 3. The molecule has 0 unspecified atom stereocenters. The van der Waals surface area contributed by atoms with Gasteiger partial charge in [0.05, 0.1) is 11.8 Å². The summed E-state index contributed by atoms with van der Waals surface area (Å²) < 4.78 is 9.73. The van der Waals surface area contributed by atoms with E-state index in [2.05, 4.69) is 9.69 Å². The van der Waals surface area contributed by atoms with Crippen LogP contribution in [0.15, 0.2) is 48.5 Å². The van der Waals surface area contributed by atoms with E-state index in [1.54, 1.807) is 6.07 Å². The molecule has 0 radical (unpaired) electrons. The average molecular weight is 551 g/mol. The Labute approximate surface area is 232 Å². The van der Waals surface area contributed by atoms with Crippen molar-refractivity contribution in [2.24, 2.45) is 5.73 Å². The highest BCUT2D eigenvalue weighted by Crippen LogP contribution is 2.35. The summed E-state index contributed by atoms with van der Waals surface area (Å²) in [5, 5.41) is 3.01. The van der Waals surface area contributed by atoms with E-state index in [0.717, 1.165) is 35.6 Å². The third kappa shape index (κ3) is 6.04. The molecule has 3 aromatic rings. The van der Waals surface area contributed by atoms with Crippen LogP contribution < -0.4 is 26.6 Å². The minimum absolute atomic E-state index is 0.0385. The summed E-state index contributed by atoms with van der Waals surface area (Å²) in [5.41, 5.74) is 14.3. The van der Waals surface area contributed by atoms with Crippen molar-refractivity contribution in [1.82, 2.24) is 9.69 Å². The number of ether oxygens (including phenoxy) is 1. The van der Waals surface area contributed by atoms with Gasteiger partial charge in [0.2, 0.25) is 5.91 Å². The number of hydrogen-bond donors (Lipinski definition) is 3. The fraction of sp³-hybridized carbons (Fsp3) is 0.357. The summed E-state index contributed by atoms with van der Waals surface area (Å²) in [7, 11) is 3.86. The fourth-order valence-corrected chi connectivity index (χ4v) is 5.38. The van der Waals surface area contributed by atoms with E-state index in [-0.39, 0.29) is 28.3 Å². The predicted octanol–water partition coefficient (Wildman–Crippen LogP) is 3.14. The van der Waals surface area contributed by atoms with Crippen molar-refractivity contribution in [3.05, 3.63) is 70.2 Å². The molecule has 1 aromatic heterocycles. The van der Waals surface area contributed by atoms with Gasteiger partial charge in [-0.3, -0.25) is 19.3 Å². The topological polar surface area (TPSA) is 144 Å². The van der Waals surface area contributed by atoms with Crippen LogP contribution >= 0.6 is 11.5 Å². The van der Waals surface area contributed by atoms with Gasteiger partial charge in [0, 0.05) is 38.6 Å². The quantitative estimate of drug-likeness (QED) is 0.352. The van der Waals surface area contributed by atoms with Crippen molar-refractivity contribution in [2.45, 2.75) is 38.3 Å². The molecule has 2 heterocycles. The molecule has 4 rings (SSSR count). The molecule has 10 nitrogen and oxygen atoms in total. The number of aryl methyl sites for hydroxylation is 1. The zero-order valence-electron chi connectivity index (χ0n) is 22.3. The molecule has 1 fully saturated rings. The number of nitrogens with zero attached hydrogens (tertiary/aromatic N) is 3. The van der Waals surface area contributed by atoms with Crippen molar-refractivity contribution in [2.75, 3.05) is 42.8 Å². The molecule has 3 amide bonds. The third-order valence-corrected chi connectivity index (χ3v) is 7.62. The highest BCUT2D eigenvalue weighted by atomic mass is 32.1. The zero-order chi connectivity index (χ0) is 28.1. The van der Waals surface area contributed by atoms with Gasteiger partial charge in [0.15, 0.2) is 5.69 Å². The monoisotopic (exact) mass is 550 g/mol. The molecule has 0 bridgehead atoms. The number of para-hydroxylation sites is 1. The van der Waals surface area contributed by atoms with Crippen molar-refractivity contribution >= 4 is 46.3 Å². The molecule has 5 N–H and O–H groups in total. The number of amides is 3. The molecule has 0 spiro atoms. The molecule has 1 saturated heterocycles. The molecule has 1 aliphatic rings. The lowest BCUT2D eigenvalue weighted by Crippen LogP contribution is -2.46. The van der Waals surface area contributed by atoms with Gasteiger partial charge in [0.25, 0.3) is 11.8 Å². The van der Waals surface area contributed by atoms with E-state index in [1.807, 2.05) is 68.4 Å². The third-order valence-electron chi connectivity index (χ3n) is 6.77. The summed E-state index contributed by atoms with van der Waals surface area (Å²) in [6, 6.07) is 13.9. The Hall–Kier alpha value is -3.96. The van der Waals surface area contributed by atoms with Gasteiger partial charge in [-0.2, -0.15) is 4.37 Å². The van der Waals surface area contributed by atoms with Crippen LogP contribution in [0.25, 0.3) is 0 Å². The fourth-order valence-electron chi connectivity index (χ4n) is 4.64. The van der Waals surface area contributed by atoms with Crippen LogP contribution in [0.4, 0.5) is 17.1 Å². The first-order valence-corrected chi connectivity index (χ1v) is 13.6. The number of hydrogen-bond acceptors (Lipinski definition) is 8. The Bertz CT molecular complexity index is 1330. The van der Waals surface area contributed by atoms with E-state index in [1.165, 1.54) is 4.90 Å². The number of benzene rings is 2. The molecular weight excluding hydrogens is 516 g/mol. The Morgan fingerprint density at radius 2 is 1.87 bits per heavy atom. The summed E-state index contributed by atoms with van der Waals surface area (Å²) in [4.78, 5) is 43.5. The maximum Gasteiger partial charge on any atom is 0.273 e. The van der Waals surface area contributed by atoms with Gasteiger partial charge in [0.1, 0.15) is 10.9 Å². The minimum atomic E-state index is -1.04. The number of primary amides is 1. The van der Waals surface area contributed by atoms with Crippen LogP contribution in [-0.4, -0.2) is 55.4 Å². The van der Waals surface area contributed by atoms with Crippen LogP contribution in [0.2, 0.25) is 0 Å². The van der Waals surface area contributed by atoms with Crippen LogP contribution in [0.5, 0.6) is 0 Å². The van der Waals surface area contributed by atoms with E-state index < -0.39 is 17.9 Å². The summed E-state index contributed by atoms with van der Waals surface area (Å²) >= 11 is 0.788. The number of nitrogens with two attached hydrogens (primary N) is 2. The largest absolute Gasteiger partial charge is 0.395 e. The maximum atomic E-state index is 14.3. The Morgan fingerprint density at radius 3 is 2.46 bits per heavy atom. The van der Waals surface area contributed by atoms with Crippen molar-refractivity contribution < 1.29 is 19.1 Å². The molecule has 206 valence electrons. The van der Waals surface area contributed by atoms with Gasteiger partial charge >= 0.3 is 0 Å². The lowest BCUT2D eigenvalue weighted by molar-refractivity contribution is -0.123. The van der Waals surface area contributed by atoms with E-state index in [9.17, 15) is 14.4 Å². The molecule has 39 heavy (non-hydrogen) atoms. The smallest absolute Gasteiger partial charge is 0.273 e. The van der Waals surface area contributed by atoms with Crippen molar-refractivity contribution in [3.63, 3.8) is 0 Å². The second-order valence-electron chi connectivity index (χ2n) is 9.56. The first kappa shape index (κ1) is 28.1. The summed E-state index contributed by atoms with van der Waals surface area (Å²) in [5.74, 6) is -1.73. The van der Waals surface area contributed by atoms with E-state index >= 15 is 0 Å². The van der Waals surface area contributed by atoms with Crippen LogP contribution in [0.3, 0.4) is 0 Å². The Kier molecular flexibility index (Phi) is 8.82. The minimum Gasteiger partial charge on any atom is -0.395 e.